The van der Waals surface area contributed by atoms with E-state index in [-0.39, 0.29) is 5.91 Å². The third-order valence-corrected chi connectivity index (χ3v) is 1.96. The van der Waals surface area contributed by atoms with Gasteiger partial charge < -0.3 is 10.3 Å². The summed E-state index contributed by atoms with van der Waals surface area (Å²) in [5.74, 6) is -0.376. The molecule has 1 aliphatic heterocycles. The summed E-state index contributed by atoms with van der Waals surface area (Å²) in [5.41, 5.74) is 6.13. The van der Waals surface area contributed by atoms with Crippen LogP contribution in [0.1, 0.15) is 11.7 Å². The van der Waals surface area contributed by atoms with Crippen LogP contribution in [0.15, 0.2) is 35.6 Å². The first-order valence-electron chi connectivity index (χ1n) is 3.95. The van der Waals surface area contributed by atoms with Crippen molar-refractivity contribution in [2.45, 2.75) is 6.04 Å². The number of hydrogen-bond acceptors (Lipinski definition) is 2. The van der Waals surface area contributed by atoms with E-state index in [9.17, 15) is 4.79 Å². The number of primary amides is 1. The standard InChI is InChI=1S/C9H9N3O/c10-9(13)8-3-4-11-6-7-2-1-5-12(7)8/h1-6,8H,(H2,10,13). The van der Waals surface area contributed by atoms with Crippen LogP contribution >= 0.6 is 0 Å². The third kappa shape index (κ3) is 1.26. The van der Waals surface area contributed by atoms with Crippen molar-refractivity contribution >= 4 is 12.1 Å². The van der Waals surface area contributed by atoms with Crippen LogP contribution in [-0.2, 0) is 4.79 Å². The van der Waals surface area contributed by atoms with Crippen LogP contribution in [0.4, 0.5) is 0 Å². The summed E-state index contributed by atoms with van der Waals surface area (Å²) < 4.78 is 1.79. The van der Waals surface area contributed by atoms with E-state index in [1.54, 1.807) is 23.1 Å². The lowest BCUT2D eigenvalue weighted by atomic mass is 10.2. The molecule has 4 nitrogen and oxygen atoms in total. The molecule has 0 aromatic carbocycles. The molecule has 4 heteroatoms. The van der Waals surface area contributed by atoms with E-state index in [2.05, 4.69) is 4.99 Å². The van der Waals surface area contributed by atoms with Crippen molar-refractivity contribution in [2.75, 3.05) is 0 Å². The highest BCUT2D eigenvalue weighted by Crippen LogP contribution is 2.14. The van der Waals surface area contributed by atoms with E-state index < -0.39 is 6.04 Å². The van der Waals surface area contributed by atoms with Gasteiger partial charge in [0.15, 0.2) is 0 Å². The zero-order valence-electron chi connectivity index (χ0n) is 6.92. The number of nitrogens with zero attached hydrogens (tertiary/aromatic N) is 2. The second-order valence-electron chi connectivity index (χ2n) is 2.81. The van der Waals surface area contributed by atoms with Crippen molar-refractivity contribution in [3.8, 4) is 0 Å². The maximum atomic E-state index is 11.1. The summed E-state index contributed by atoms with van der Waals surface area (Å²) >= 11 is 0. The van der Waals surface area contributed by atoms with Crippen LogP contribution in [0.5, 0.6) is 0 Å². The molecule has 13 heavy (non-hydrogen) atoms. The minimum atomic E-state index is -0.424. The van der Waals surface area contributed by atoms with Gasteiger partial charge in [-0.05, 0) is 18.2 Å². The minimum Gasteiger partial charge on any atom is -0.368 e. The fourth-order valence-corrected chi connectivity index (χ4v) is 1.34. The number of rotatable bonds is 1. The first-order chi connectivity index (χ1) is 6.29. The lowest BCUT2D eigenvalue weighted by Gasteiger charge is -2.11. The number of amides is 1. The van der Waals surface area contributed by atoms with Crippen molar-refractivity contribution < 1.29 is 4.79 Å². The van der Waals surface area contributed by atoms with Gasteiger partial charge in [-0.3, -0.25) is 9.79 Å². The fourth-order valence-electron chi connectivity index (χ4n) is 1.34. The van der Waals surface area contributed by atoms with Crippen LogP contribution in [-0.4, -0.2) is 16.7 Å². The van der Waals surface area contributed by atoms with E-state index >= 15 is 0 Å². The number of carbonyl (C=O) groups is 1. The van der Waals surface area contributed by atoms with Gasteiger partial charge in [0.2, 0.25) is 5.91 Å². The summed E-state index contributed by atoms with van der Waals surface area (Å²) in [7, 11) is 0. The highest BCUT2D eigenvalue weighted by atomic mass is 16.1. The van der Waals surface area contributed by atoms with Crippen LogP contribution in [0.25, 0.3) is 0 Å². The van der Waals surface area contributed by atoms with Gasteiger partial charge >= 0.3 is 0 Å². The number of aliphatic imine (C=N–C) groups is 1. The normalized spacial score (nSPS) is 19.5. The average molecular weight is 175 g/mol. The number of hydrogen-bond donors (Lipinski definition) is 1. The molecule has 0 saturated heterocycles. The van der Waals surface area contributed by atoms with Gasteiger partial charge in [-0.1, -0.05) is 0 Å². The first kappa shape index (κ1) is 7.79. The summed E-state index contributed by atoms with van der Waals surface area (Å²) in [6.45, 7) is 0. The highest BCUT2D eigenvalue weighted by Gasteiger charge is 2.16. The molecule has 0 aliphatic carbocycles. The van der Waals surface area contributed by atoms with E-state index in [0.717, 1.165) is 5.69 Å². The maximum Gasteiger partial charge on any atom is 0.244 e. The average Bonchev–Trinajstić information content (AvgIpc) is 2.44. The SMILES string of the molecule is NC(=O)C1C=CN=Cc2cccn21. The molecule has 1 unspecified atom stereocenters. The molecular weight excluding hydrogens is 166 g/mol. The highest BCUT2D eigenvalue weighted by molar-refractivity contribution is 5.84. The molecule has 2 heterocycles. The molecule has 0 fully saturated rings. The van der Waals surface area contributed by atoms with Crippen molar-refractivity contribution in [3.63, 3.8) is 0 Å². The fraction of sp³-hybridized carbons (Fsp3) is 0.111. The van der Waals surface area contributed by atoms with Crippen molar-refractivity contribution in [2.24, 2.45) is 10.7 Å². The van der Waals surface area contributed by atoms with E-state index in [1.807, 2.05) is 18.3 Å². The van der Waals surface area contributed by atoms with Gasteiger partial charge in [-0.2, -0.15) is 0 Å². The Hall–Kier alpha value is -1.84. The van der Waals surface area contributed by atoms with Crippen LogP contribution < -0.4 is 5.73 Å². The lowest BCUT2D eigenvalue weighted by molar-refractivity contribution is -0.119. The summed E-state index contributed by atoms with van der Waals surface area (Å²) in [6.07, 6.45) is 6.77. The number of fused-ring (bicyclic) bond motifs is 1. The van der Waals surface area contributed by atoms with Crippen molar-refractivity contribution in [1.82, 2.24) is 4.57 Å². The Morgan fingerprint density at radius 2 is 2.46 bits per heavy atom. The monoisotopic (exact) mass is 175 g/mol. The van der Waals surface area contributed by atoms with Gasteiger partial charge in [0.05, 0.1) is 11.9 Å². The van der Waals surface area contributed by atoms with Crippen molar-refractivity contribution in [3.05, 3.63) is 36.3 Å². The molecule has 1 aliphatic rings. The molecule has 0 radical (unpaired) electrons. The van der Waals surface area contributed by atoms with Crippen molar-refractivity contribution in [1.29, 1.82) is 0 Å². The second kappa shape index (κ2) is 2.90. The van der Waals surface area contributed by atoms with Crippen LogP contribution in [0.3, 0.4) is 0 Å². The Kier molecular flexibility index (Phi) is 1.73. The Balaban J connectivity index is 2.50. The quantitative estimate of drug-likeness (QED) is 0.662. The topological polar surface area (TPSA) is 60.4 Å². The Morgan fingerprint density at radius 1 is 1.62 bits per heavy atom. The maximum absolute atomic E-state index is 11.1. The van der Waals surface area contributed by atoms with Gasteiger partial charge in [0.25, 0.3) is 0 Å². The molecule has 1 aromatic rings. The minimum absolute atomic E-state index is 0.376. The Morgan fingerprint density at radius 3 is 3.23 bits per heavy atom. The summed E-state index contributed by atoms with van der Waals surface area (Å²) in [4.78, 5) is 15.0. The van der Waals surface area contributed by atoms with E-state index in [0.29, 0.717) is 0 Å². The number of aromatic nitrogens is 1. The smallest absolute Gasteiger partial charge is 0.244 e. The Bertz CT molecular complexity index is 389. The molecule has 0 bridgehead atoms. The summed E-state index contributed by atoms with van der Waals surface area (Å²) in [5, 5.41) is 0. The molecule has 2 rings (SSSR count). The molecule has 1 atom stereocenters. The van der Waals surface area contributed by atoms with Gasteiger partial charge in [-0.25, -0.2) is 0 Å². The third-order valence-electron chi connectivity index (χ3n) is 1.96. The Labute approximate surface area is 75.4 Å². The lowest BCUT2D eigenvalue weighted by Crippen LogP contribution is -2.25. The molecule has 66 valence electrons. The van der Waals surface area contributed by atoms with Gasteiger partial charge in [0, 0.05) is 12.4 Å². The van der Waals surface area contributed by atoms with Gasteiger partial charge in [0.1, 0.15) is 6.04 Å². The zero-order chi connectivity index (χ0) is 9.26. The molecule has 2 N–H and O–H groups in total. The van der Waals surface area contributed by atoms with E-state index in [4.69, 9.17) is 5.73 Å². The zero-order valence-corrected chi connectivity index (χ0v) is 6.92. The number of nitrogens with two attached hydrogens (primary N) is 1. The molecule has 0 saturated carbocycles. The van der Waals surface area contributed by atoms with Crippen LogP contribution in [0, 0.1) is 0 Å². The molecule has 0 spiro atoms. The van der Waals surface area contributed by atoms with Gasteiger partial charge in [-0.15, -0.1) is 0 Å². The predicted molar refractivity (Wildman–Crippen MR) is 49.4 cm³/mol. The summed E-state index contributed by atoms with van der Waals surface area (Å²) in [6, 6.07) is 3.32. The molecular formula is C9H9N3O. The largest absolute Gasteiger partial charge is 0.368 e. The molecule has 1 amide bonds. The van der Waals surface area contributed by atoms with Crippen LogP contribution in [0.2, 0.25) is 0 Å². The van der Waals surface area contributed by atoms with E-state index in [1.165, 1.54) is 0 Å². The molecule has 1 aromatic heterocycles. The second-order valence-corrected chi connectivity index (χ2v) is 2.81. The number of carbonyl (C=O) groups excluding carboxylic acids is 1. The predicted octanol–water partition coefficient (Wildman–Crippen LogP) is 0.461. The first-order valence-corrected chi connectivity index (χ1v) is 3.95.